The van der Waals surface area contributed by atoms with Crippen LogP contribution in [-0.2, 0) is 6.54 Å². The lowest BCUT2D eigenvalue weighted by Gasteiger charge is -2.11. The zero-order valence-corrected chi connectivity index (χ0v) is 11.3. The molecule has 0 fully saturated rings. The summed E-state index contributed by atoms with van der Waals surface area (Å²) in [4.78, 5) is 0. The minimum absolute atomic E-state index is 0.498. The number of aryl methyl sites for hydroxylation is 2. The molecule has 2 nitrogen and oxygen atoms in total. The van der Waals surface area contributed by atoms with Crippen molar-refractivity contribution in [3.63, 3.8) is 0 Å². The van der Waals surface area contributed by atoms with Gasteiger partial charge in [0.05, 0.1) is 5.02 Å². The molecule has 0 aromatic heterocycles. The summed E-state index contributed by atoms with van der Waals surface area (Å²) in [6.07, 6.45) is 0. The Balaban J connectivity index is 2.33. The highest BCUT2D eigenvalue weighted by atomic mass is 35.5. The number of nitrogens with two attached hydrogens (primary N) is 1. The maximum absolute atomic E-state index is 6.16. The van der Waals surface area contributed by atoms with Crippen molar-refractivity contribution in [1.82, 2.24) is 0 Å². The molecule has 0 unspecified atom stereocenters. The zero-order chi connectivity index (χ0) is 13.1. The van der Waals surface area contributed by atoms with Gasteiger partial charge in [-0.2, -0.15) is 0 Å². The summed E-state index contributed by atoms with van der Waals surface area (Å²) in [5, 5.41) is 0.618. The molecule has 2 rings (SSSR count). The fraction of sp³-hybridized carbons (Fsp3) is 0.200. The molecule has 2 N–H and O–H groups in total. The van der Waals surface area contributed by atoms with Crippen LogP contribution in [0.4, 0.5) is 0 Å². The number of hydrogen-bond donors (Lipinski definition) is 1. The van der Waals surface area contributed by atoms with E-state index < -0.39 is 0 Å². The first kappa shape index (κ1) is 12.9. The minimum Gasteiger partial charge on any atom is -0.456 e. The van der Waals surface area contributed by atoms with Gasteiger partial charge in [-0.15, -0.1) is 0 Å². The Hall–Kier alpha value is -1.51. The Morgan fingerprint density at radius 2 is 1.83 bits per heavy atom. The molecule has 0 amide bonds. The molecule has 3 heteroatoms. The van der Waals surface area contributed by atoms with Crippen LogP contribution in [-0.4, -0.2) is 0 Å². The highest BCUT2D eigenvalue weighted by Crippen LogP contribution is 2.32. The summed E-state index contributed by atoms with van der Waals surface area (Å²) in [5.41, 5.74) is 8.84. The van der Waals surface area contributed by atoms with E-state index in [0.717, 1.165) is 22.4 Å². The number of rotatable bonds is 3. The second-order valence-corrected chi connectivity index (χ2v) is 4.75. The third-order valence-corrected chi connectivity index (χ3v) is 3.09. The molecule has 0 spiro atoms. The van der Waals surface area contributed by atoms with Crippen LogP contribution in [0.25, 0.3) is 0 Å². The molecule has 94 valence electrons. The molecule has 0 aliphatic heterocycles. The molecule has 0 radical (unpaired) electrons. The van der Waals surface area contributed by atoms with Crippen LogP contribution in [0, 0.1) is 13.8 Å². The summed E-state index contributed by atoms with van der Waals surface area (Å²) >= 11 is 6.16. The molecular formula is C15H16ClNO. The van der Waals surface area contributed by atoms with E-state index in [-0.39, 0.29) is 0 Å². The van der Waals surface area contributed by atoms with E-state index in [1.807, 2.05) is 50.2 Å². The van der Waals surface area contributed by atoms with E-state index in [9.17, 15) is 0 Å². The molecular weight excluding hydrogens is 246 g/mol. The average Bonchev–Trinajstić information content (AvgIpc) is 2.35. The molecule has 0 saturated carbocycles. The molecule has 0 saturated heterocycles. The lowest BCUT2D eigenvalue weighted by atomic mass is 10.1. The summed E-state index contributed by atoms with van der Waals surface area (Å²) in [6.45, 7) is 4.49. The van der Waals surface area contributed by atoms with Crippen LogP contribution in [0.3, 0.4) is 0 Å². The van der Waals surface area contributed by atoms with Gasteiger partial charge in [-0.25, -0.2) is 0 Å². The molecule has 0 aliphatic carbocycles. The van der Waals surface area contributed by atoms with Crippen LogP contribution in [0.2, 0.25) is 5.02 Å². The maximum atomic E-state index is 6.16. The quantitative estimate of drug-likeness (QED) is 0.898. The van der Waals surface area contributed by atoms with Gasteiger partial charge >= 0.3 is 0 Å². The van der Waals surface area contributed by atoms with Crippen molar-refractivity contribution in [2.45, 2.75) is 20.4 Å². The van der Waals surface area contributed by atoms with Crippen molar-refractivity contribution < 1.29 is 4.74 Å². The number of benzene rings is 2. The van der Waals surface area contributed by atoms with Crippen LogP contribution in [0.1, 0.15) is 16.7 Å². The smallest absolute Gasteiger partial charge is 0.146 e. The minimum atomic E-state index is 0.498. The Kier molecular flexibility index (Phi) is 3.90. The summed E-state index contributed by atoms with van der Waals surface area (Å²) in [5.74, 6) is 1.46. The molecule has 2 aromatic carbocycles. The number of hydrogen-bond acceptors (Lipinski definition) is 2. The highest BCUT2D eigenvalue weighted by Gasteiger charge is 2.06. The van der Waals surface area contributed by atoms with E-state index in [1.165, 1.54) is 0 Å². The fourth-order valence-electron chi connectivity index (χ4n) is 1.69. The van der Waals surface area contributed by atoms with Gasteiger partial charge < -0.3 is 10.5 Å². The number of ether oxygens (including phenoxy) is 1. The Morgan fingerprint density at radius 3 is 2.50 bits per heavy atom. The van der Waals surface area contributed by atoms with Crippen molar-refractivity contribution in [3.8, 4) is 11.5 Å². The van der Waals surface area contributed by atoms with Gasteiger partial charge in [-0.1, -0.05) is 29.8 Å². The van der Waals surface area contributed by atoms with E-state index >= 15 is 0 Å². The molecule has 0 atom stereocenters. The Labute approximate surface area is 112 Å². The van der Waals surface area contributed by atoms with Crippen molar-refractivity contribution >= 4 is 11.6 Å². The first-order valence-corrected chi connectivity index (χ1v) is 6.21. The second-order valence-electron chi connectivity index (χ2n) is 4.34. The lowest BCUT2D eigenvalue weighted by Crippen LogP contribution is -1.97. The standard InChI is InChI=1S/C15H16ClNO/c1-10-3-6-14(13(16)7-10)18-15-8-12(9-17)5-4-11(15)2/h3-8H,9,17H2,1-2H3. The summed E-state index contributed by atoms with van der Waals surface area (Å²) < 4.78 is 5.85. The normalized spacial score (nSPS) is 10.4. The zero-order valence-electron chi connectivity index (χ0n) is 10.5. The highest BCUT2D eigenvalue weighted by molar-refractivity contribution is 6.32. The van der Waals surface area contributed by atoms with E-state index in [0.29, 0.717) is 17.3 Å². The van der Waals surface area contributed by atoms with E-state index in [4.69, 9.17) is 22.1 Å². The summed E-state index contributed by atoms with van der Waals surface area (Å²) in [7, 11) is 0. The topological polar surface area (TPSA) is 35.2 Å². The fourth-order valence-corrected chi connectivity index (χ4v) is 1.96. The Morgan fingerprint density at radius 1 is 1.06 bits per heavy atom. The van der Waals surface area contributed by atoms with Crippen molar-refractivity contribution in [1.29, 1.82) is 0 Å². The second kappa shape index (κ2) is 5.42. The third-order valence-electron chi connectivity index (χ3n) is 2.80. The van der Waals surface area contributed by atoms with Crippen molar-refractivity contribution in [2.24, 2.45) is 5.73 Å². The third kappa shape index (κ3) is 2.84. The Bertz CT molecular complexity index is 566. The van der Waals surface area contributed by atoms with Gasteiger partial charge in [-0.3, -0.25) is 0 Å². The van der Waals surface area contributed by atoms with Gasteiger partial charge in [0.25, 0.3) is 0 Å². The lowest BCUT2D eigenvalue weighted by molar-refractivity contribution is 0.478. The van der Waals surface area contributed by atoms with Gasteiger partial charge in [0.1, 0.15) is 11.5 Å². The first-order chi connectivity index (χ1) is 8.60. The van der Waals surface area contributed by atoms with Crippen LogP contribution in [0.5, 0.6) is 11.5 Å². The average molecular weight is 262 g/mol. The van der Waals surface area contributed by atoms with Crippen LogP contribution in [0.15, 0.2) is 36.4 Å². The first-order valence-electron chi connectivity index (χ1n) is 5.84. The number of halogens is 1. The van der Waals surface area contributed by atoms with Crippen molar-refractivity contribution in [2.75, 3.05) is 0 Å². The molecule has 18 heavy (non-hydrogen) atoms. The predicted molar refractivity (Wildman–Crippen MR) is 75.3 cm³/mol. The predicted octanol–water partition coefficient (Wildman–Crippen LogP) is 4.21. The van der Waals surface area contributed by atoms with Gasteiger partial charge in [0.15, 0.2) is 0 Å². The molecule has 2 aromatic rings. The van der Waals surface area contributed by atoms with Gasteiger partial charge in [0, 0.05) is 6.54 Å². The summed E-state index contributed by atoms with van der Waals surface area (Å²) in [6, 6.07) is 11.7. The van der Waals surface area contributed by atoms with Gasteiger partial charge in [-0.05, 0) is 48.7 Å². The van der Waals surface area contributed by atoms with Crippen molar-refractivity contribution in [3.05, 3.63) is 58.1 Å². The molecule has 0 bridgehead atoms. The van der Waals surface area contributed by atoms with E-state index in [1.54, 1.807) is 0 Å². The SMILES string of the molecule is Cc1ccc(Oc2cc(CN)ccc2C)c(Cl)c1. The van der Waals surface area contributed by atoms with Gasteiger partial charge in [0.2, 0.25) is 0 Å². The van der Waals surface area contributed by atoms with E-state index in [2.05, 4.69) is 0 Å². The maximum Gasteiger partial charge on any atom is 0.146 e. The monoisotopic (exact) mass is 261 g/mol. The molecule has 0 aliphatic rings. The molecule has 0 heterocycles. The largest absolute Gasteiger partial charge is 0.456 e. The van der Waals surface area contributed by atoms with Crippen LogP contribution < -0.4 is 10.5 Å². The van der Waals surface area contributed by atoms with Crippen LogP contribution >= 0.6 is 11.6 Å².